The summed E-state index contributed by atoms with van der Waals surface area (Å²) in [4.78, 5) is 41.7. The first-order valence-corrected chi connectivity index (χ1v) is 11.0. The monoisotopic (exact) mass is 419 g/mol. The molecule has 1 fully saturated rings. The highest BCUT2D eigenvalue weighted by Gasteiger charge is 2.52. The van der Waals surface area contributed by atoms with Crippen LogP contribution in [0.25, 0.3) is 0 Å². The van der Waals surface area contributed by atoms with Crippen LogP contribution in [0.5, 0.6) is 0 Å². The van der Waals surface area contributed by atoms with E-state index >= 15 is 0 Å². The molecule has 0 radical (unpaired) electrons. The van der Waals surface area contributed by atoms with Gasteiger partial charge < -0.3 is 10.2 Å². The van der Waals surface area contributed by atoms with E-state index in [-0.39, 0.29) is 23.6 Å². The van der Waals surface area contributed by atoms with Crippen LogP contribution < -0.4 is 10.2 Å². The summed E-state index contributed by atoms with van der Waals surface area (Å²) in [6.45, 7) is 5.06. The predicted molar refractivity (Wildman–Crippen MR) is 120 cm³/mol. The normalized spacial score (nSPS) is 21.0. The molecular formula is C25H29N3O3. The average molecular weight is 420 g/mol. The van der Waals surface area contributed by atoms with Crippen molar-refractivity contribution in [3.05, 3.63) is 65.7 Å². The molecule has 2 aliphatic rings. The maximum atomic E-state index is 13.2. The van der Waals surface area contributed by atoms with Crippen LogP contribution in [-0.4, -0.2) is 41.4 Å². The summed E-state index contributed by atoms with van der Waals surface area (Å²) < 4.78 is 0. The van der Waals surface area contributed by atoms with Gasteiger partial charge in [-0.05, 0) is 43.4 Å². The van der Waals surface area contributed by atoms with Crippen LogP contribution in [0.1, 0.15) is 61.4 Å². The van der Waals surface area contributed by atoms with E-state index < -0.39 is 5.66 Å². The van der Waals surface area contributed by atoms with E-state index in [0.29, 0.717) is 50.0 Å². The third kappa shape index (κ3) is 3.94. The number of amides is 3. The summed E-state index contributed by atoms with van der Waals surface area (Å²) in [5, 5.41) is 3.00. The van der Waals surface area contributed by atoms with Gasteiger partial charge in [-0.1, -0.05) is 49.4 Å². The molecule has 3 amide bonds. The molecular weight excluding hydrogens is 390 g/mol. The molecule has 0 spiro atoms. The summed E-state index contributed by atoms with van der Waals surface area (Å²) in [7, 11) is 0. The van der Waals surface area contributed by atoms with Crippen molar-refractivity contribution in [2.45, 2.75) is 51.1 Å². The van der Waals surface area contributed by atoms with Crippen LogP contribution in [0.15, 0.2) is 54.6 Å². The maximum Gasteiger partial charge on any atom is 0.257 e. The number of hydrogen-bond acceptors (Lipinski definition) is 3. The number of hydrogen-bond donors (Lipinski definition) is 1. The van der Waals surface area contributed by atoms with Crippen molar-refractivity contribution in [3.8, 4) is 0 Å². The molecule has 0 saturated carbocycles. The second-order valence-corrected chi connectivity index (χ2v) is 8.64. The van der Waals surface area contributed by atoms with Gasteiger partial charge in [0.2, 0.25) is 11.8 Å². The van der Waals surface area contributed by atoms with Crippen LogP contribution in [-0.2, 0) is 9.59 Å². The Bertz CT molecular complexity index is 991. The van der Waals surface area contributed by atoms with Gasteiger partial charge in [0.15, 0.2) is 0 Å². The van der Waals surface area contributed by atoms with Crippen LogP contribution in [0.4, 0.5) is 5.69 Å². The lowest BCUT2D eigenvalue weighted by Crippen LogP contribution is -2.62. The minimum atomic E-state index is -0.666. The minimum absolute atomic E-state index is 0.0165. The van der Waals surface area contributed by atoms with Crippen molar-refractivity contribution >= 4 is 23.4 Å². The van der Waals surface area contributed by atoms with E-state index in [1.165, 1.54) is 5.56 Å². The summed E-state index contributed by atoms with van der Waals surface area (Å²) >= 11 is 0. The number of rotatable bonds is 7. The zero-order valence-electron chi connectivity index (χ0n) is 18.1. The van der Waals surface area contributed by atoms with E-state index in [4.69, 9.17) is 0 Å². The van der Waals surface area contributed by atoms with Gasteiger partial charge in [-0.25, -0.2) is 0 Å². The number of fused-ring (bicyclic) bond motifs is 3. The van der Waals surface area contributed by atoms with E-state index in [9.17, 15) is 14.4 Å². The quantitative estimate of drug-likeness (QED) is 0.744. The Hall–Kier alpha value is -3.15. The van der Waals surface area contributed by atoms with Gasteiger partial charge in [0.1, 0.15) is 5.66 Å². The molecule has 2 aliphatic heterocycles. The molecule has 2 aromatic carbocycles. The van der Waals surface area contributed by atoms with E-state index in [1.54, 1.807) is 15.9 Å². The molecule has 4 rings (SSSR count). The topological polar surface area (TPSA) is 69.7 Å². The fourth-order valence-corrected chi connectivity index (χ4v) is 4.69. The first-order valence-electron chi connectivity index (χ1n) is 11.0. The fourth-order valence-electron chi connectivity index (χ4n) is 4.69. The second-order valence-electron chi connectivity index (χ2n) is 8.64. The molecule has 6 heteroatoms. The Balaban J connectivity index is 1.36. The van der Waals surface area contributed by atoms with Gasteiger partial charge >= 0.3 is 0 Å². The number of anilines is 1. The van der Waals surface area contributed by atoms with Crippen LogP contribution in [0, 0.1) is 0 Å². The van der Waals surface area contributed by atoms with Crippen molar-refractivity contribution in [1.82, 2.24) is 10.2 Å². The number of carbonyl (C=O) groups excluding carboxylic acids is 3. The molecule has 6 nitrogen and oxygen atoms in total. The summed E-state index contributed by atoms with van der Waals surface area (Å²) in [6, 6.07) is 17.4. The minimum Gasteiger partial charge on any atom is -0.356 e. The smallest absolute Gasteiger partial charge is 0.257 e. The van der Waals surface area contributed by atoms with E-state index in [0.717, 1.165) is 0 Å². The summed E-state index contributed by atoms with van der Waals surface area (Å²) in [6.07, 6.45) is 1.92. The lowest BCUT2D eigenvalue weighted by Gasteiger charge is -2.48. The molecule has 2 aromatic rings. The number of carbonyl (C=O) groups is 3. The molecule has 2 atom stereocenters. The standard InChI is InChI=1S/C25H29N3O3/c1-18(19-9-4-3-5-10-19)17-26-22(29)13-8-16-27-24(31)20-11-6-7-12-21(20)28-23(30)14-15-25(27,28)2/h3-7,9-12,18H,8,13-17H2,1-2H3,(H,26,29). The molecule has 162 valence electrons. The zero-order valence-corrected chi connectivity index (χ0v) is 18.1. The van der Waals surface area contributed by atoms with Gasteiger partial charge in [0.25, 0.3) is 5.91 Å². The third-order valence-electron chi connectivity index (χ3n) is 6.51. The predicted octanol–water partition coefficient (Wildman–Crippen LogP) is 3.69. The molecule has 1 N–H and O–H groups in total. The Labute approximate surface area is 183 Å². The third-order valence-corrected chi connectivity index (χ3v) is 6.51. The molecule has 0 aliphatic carbocycles. The Kier molecular flexibility index (Phi) is 5.81. The van der Waals surface area contributed by atoms with Crippen LogP contribution in [0.2, 0.25) is 0 Å². The summed E-state index contributed by atoms with van der Waals surface area (Å²) in [5.41, 5.74) is 1.78. The Morgan fingerprint density at radius 1 is 1.10 bits per heavy atom. The largest absolute Gasteiger partial charge is 0.356 e. The van der Waals surface area contributed by atoms with Crippen molar-refractivity contribution in [2.24, 2.45) is 0 Å². The van der Waals surface area contributed by atoms with Gasteiger partial charge in [0.05, 0.1) is 11.3 Å². The highest BCUT2D eigenvalue weighted by molar-refractivity contribution is 6.10. The Morgan fingerprint density at radius 2 is 1.81 bits per heavy atom. The van der Waals surface area contributed by atoms with Crippen LogP contribution >= 0.6 is 0 Å². The van der Waals surface area contributed by atoms with Crippen LogP contribution in [0.3, 0.4) is 0 Å². The highest BCUT2D eigenvalue weighted by atomic mass is 16.2. The molecule has 0 aromatic heterocycles. The average Bonchev–Trinajstić information content (AvgIpc) is 3.10. The number of nitrogens with zero attached hydrogens (tertiary/aromatic N) is 2. The SMILES string of the molecule is CC(CNC(=O)CCCN1C(=O)c2ccccc2N2C(=O)CCC12C)c1ccccc1. The first-order chi connectivity index (χ1) is 14.9. The molecule has 2 unspecified atom stereocenters. The van der Waals surface area contributed by atoms with Crippen molar-refractivity contribution < 1.29 is 14.4 Å². The first kappa shape index (κ1) is 21.1. The Morgan fingerprint density at radius 3 is 2.58 bits per heavy atom. The fraction of sp³-hybridized carbons (Fsp3) is 0.400. The summed E-state index contributed by atoms with van der Waals surface area (Å²) in [5.74, 6) is 0.196. The zero-order chi connectivity index (χ0) is 22.0. The van der Waals surface area contributed by atoms with E-state index in [1.807, 2.05) is 43.3 Å². The van der Waals surface area contributed by atoms with Gasteiger partial charge in [-0.3, -0.25) is 19.3 Å². The lowest BCUT2D eigenvalue weighted by molar-refractivity contribution is -0.121. The molecule has 1 saturated heterocycles. The molecule has 0 bridgehead atoms. The number of benzene rings is 2. The number of nitrogens with one attached hydrogen (secondary N) is 1. The molecule has 2 heterocycles. The number of para-hydroxylation sites is 1. The van der Waals surface area contributed by atoms with Crippen molar-refractivity contribution in [3.63, 3.8) is 0 Å². The van der Waals surface area contributed by atoms with Crippen molar-refractivity contribution in [2.75, 3.05) is 18.0 Å². The van der Waals surface area contributed by atoms with E-state index in [2.05, 4.69) is 24.4 Å². The van der Waals surface area contributed by atoms with Gasteiger partial charge in [0, 0.05) is 25.9 Å². The van der Waals surface area contributed by atoms with Crippen molar-refractivity contribution in [1.29, 1.82) is 0 Å². The van der Waals surface area contributed by atoms with Gasteiger partial charge in [-0.2, -0.15) is 0 Å². The molecule has 31 heavy (non-hydrogen) atoms. The maximum absolute atomic E-state index is 13.2. The van der Waals surface area contributed by atoms with Gasteiger partial charge in [-0.15, -0.1) is 0 Å². The highest BCUT2D eigenvalue weighted by Crippen LogP contribution is 2.43. The second kappa shape index (κ2) is 8.53. The lowest BCUT2D eigenvalue weighted by atomic mass is 9.98.